The quantitative estimate of drug-likeness (QED) is 0.591. The lowest BCUT2D eigenvalue weighted by molar-refractivity contribution is -0.136. The number of benzene rings is 1. The Hall–Kier alpha value is -3.04. The zero-order valence-corrected chi connectivity index (χ0v) is 17.5. The van der Waals surface area contributed by atoms with Gasteiger partial charge in [-0.05, 0) is 49.3 Å². The van der Waals surface area contributed by atoms with Crippen LogP contribution in [0, 0.1) is 17.6 Å². The van der Waals surface area contributed by atoms with Crippen molar-refractivity contribution in [3.8, 4) is 0 Å². The summed E-state index contributed by atoms with van der Waals surface area (Å²) in [6.07, 6.45) is 3.68. The molecule has 1 unspecified atom stereocenters. The van der Waals surface area contributed by atoms with Crippen LogP contribution in [-0.2, 0) is 14.4 Å². The first-order chi connectivity index (χ1) is 14.7. The Kier molecular flexibility index (Phi) is 6.56. The smallest absolute Gasteiger partial charge is 0.325 e. The summed E-state index contributed by atoms with van der Waals surface area (Å²) in [7, 11) is 1.33. The van der Waals surface area contributed by atoms with Crippen LogP contribution in [0.4, 0.5) is 13.6 Å². The van der Waals surface area contributed by atoms with E-state index < -0.39 is 53.5 Å². The second-order valence-corrected chi connectivity index (χ2v) is 8.04. The minimum Gasteiger partial charge on any atom is -0.357 e. The third kappa shape index (κ3) is 4.52. The molecule has 0 bridgehead atoms. The molecule has 10 heteroatoms. The largest absolute Gasteiger partial charge is 0.357 e. The third-order valence-electron chi connectivity index (χ3n) is 6.17. The van der Waals surface area contributed by atoms with Gasteiger partial charge in [0.2, 0.25) is 11.8 Å². The number of urea groups is 1. The molecule has 1 saturated heterocycles. The molecule has 1 aliphatic carbocycles. The van der Waals surface area contributed by atoms with Gasteiger partial charge in [0.05, 0.1) is 0 Å². The van der Waals surface area contributed by atoms with Gasteiger partial charge in [0.15, 0.2) is 11.6 Å². The van der Waals surface area contributed by atoms with Gasteiger partial charge in [0.25, 0.3) is 5.91 Å². The van der Waals surface area contributed by atoms with E-state index in [9.17, 15) is 28.0 Å². The Morgan fingerprint density at radius 2 is 1.90 bits per heavy atom. The molecule has 1 heterocycles. The van der Waals surface area contributed by atoms with Crippen LogP contribution in [0.1, 0.15) is 50.6 Å². The van der Waals surface area contributed by atoms with Crippen molar-refractivity contribution in [2.75, 3.05) is 13.6 Å². The van der Waals surface area contributed by atoms with E-state index >= 15 is 0 Å². The lowest BCUT2D eigenvalue weighted by atomic mass is 9.75. The molecule has 3 N–H and O–H groups in total. The minimum atomic E-state index is -1.32. The molecule has 168 valence electrons. The van der Waals surface area contributed by atoms with Crippen molar-refractivity contribution in [1.29, 1.82) is 0 Å². The predicted molar refractivity (Wildman–Crippen MR) is 107 cm³/mol. The van der Waals surface area contributed by atoms with Gasteiger partial charge in [-0.2, -0.15) is 0 Å². The Balaban J connectivity index is 1.71. The molecule has 1 spiro atoms. The number of hydrogen-bond acceptors (Lipinski definition) is 4. The fourth-order valence-corrected chi connectivity index (χ4v) is 4.22. The maximum Gasteiger partial charge on any atom is 0.325 e. The van der Waals surface area contributed by atoms with Gasteiger partial charge in [0, 0.05) is 7.05 Å². The molecule has 0 aromatic heterocycles. The average Bonchev–Trinajstić information content (AvgIpc) is 2.98. The van der Waals surface area contributed by atoms with Crippen molar-refractivity contribution < 1.29 is 28.0 Å². The number of likely N-dealkylation sites (N-methyl/N-ethyl adjacent to an activating group) is 1. The second kappa shape index (κ2) is 8.99. The van der Waals surface area contributed by atoms with Crippen molar-refractivity contribution in [3.63, 3.8) is 0 Å². The molecule has 1 aliphatic heterocycles. The minimum absolute atomic E-state index is 0.0261. The lowest BCUT2D eigenvalue weighted by Gasteiger charge is -2.34. The fraction of sp³-hybridized carbons (Fsp3) is 0.524. The number of nitrogens with one attached hydrogen (secondary N) is 3. The number of rotatable bonds is 6. The van der Waals surface area contributed by atoms with Crippen molar-refractivity contribution in [2.45, 2.75) is 50.6 Å². The molecule has 3 rings (SSSR count). The van der Waals surface area contributed by atoms with Crippen molar-refractivity contribution >= 4 is 23.8 Å². The van der Waals surface area contributed by atoms with Gasteiger partial charge in [-0.3, -0.25) is 19.3 Å². The Labute approximate surface area is 178 Å². The number of halogens is 2. The number of amides is 5. The summed E-state index contributed by atoms with van der Waals surface area (Å²) < 4.78 is 26.8. The summed E-state index contributed by atoms with van der Waals surface area (Å²) in [5.74, 6) is -3.64. The zero-order valence-electron chi connectivity index (χ0n) is 17.5. The van der Waals surface area contributed by atoms with Gasteiger partial charge < -0.3 is 16.0 Å². The summed E-state index contributed by atoms with van der Waals surface area (Å²) >= 11 is 0. The van der Waals surface area contributed by atoms with Crippen molar-refractivity contribution in [1.82, 2.24) is 20.9 Å². The van der Waals surface area contributed by atoms with E-state index in [4.69, 9.17) is 0 Å². The van der Waals surface area contributed by atoms with Crippen LogP contribution in [0.15, 0.2) is 18.2 Å². The molecule has 2 aliphatic rings. The SMILES string of the molecule is CCC1CCC2(CC1)NC(=O)N(CC(=O)NC(C(=O)NC)c1ccc(F)c(F)c1)C2=O. The normalized spacial score (nSPS) is 24.1. The first-order valence-electron chi connectivity index (χ1n) is 10.3. The summed E-state index contributed by atoms with van der Waals surface area (Å²) in [6, 6.07) is 0.861. The molecule has 1 saturated carbocycles. The highest BCUT2D eigenvalue weighted by atomic mass is 19.2. The molecule has 2 fully saturated rings. The van der Waals surface area contributed by atoms with Gasteiger partial charge in [0.1, 0.15) is 18.1 Å². The van der Waals surface area contributed by atoms with E-state index in [1.54, 1.807) is 0 Å². The van der Waals surface area contributed by atoms with Crippen LogP contribution in [0.3, 0.4) is 0 Å². The van der Waals surface area contributed by atoms with Crippen LogP contribution in [-0.4, -0.2) is 47.8 Å². The zero-order chi connectivity index (χ0) is 22.8. The molecule has 0 radical (unpaired) electrons. The monoisotopic (exact) mass is 436 g/mol. The van der Waals surface area contributed by atoms with E-state index in [0.29, 0.717) is 18.8 Å². The van der Waals surface area contributed by atoms with Crippen LogP contribution in [0.25, 0.3) is 0 Å². The molecule has 1 aromatic carbocycles. The van der Waals surface area contributed by atoms with Gasteiger partial charge in [-0.15, -0.1) is 0 Å². The van der Waals surface area contributed by atoms with E-state index in [-0.39, 0.29) is 5.56 Å². The summed E-state index contributed by atoms with van der Waals surface area (Å²) in [6.45, 7) is 1.50. The highest BCUT2D eigenvalue weighted by Crippen LogP contribution is 2.37. The standard InChI is InChI=1S/C21H26F2N4O4/c1-3-12-6-8-21(9-7-12)19(30)27(20(31)26-21)11-16(28)25-17(18(29)24-2)13-4-5-14(22)15(23)10-13/h4-5,10,12,17H,3,6-9,11H2,1-2H3,(H,24,29)(H,25,28)(H,26,31). The molecule has 1 atom stereocenters. The van der Waals surface area contributed by atoms with Gasteiger partial charge in [-0.1, -0.05) is 19.4 Å². The number of carbonyl (C=O) groups excluding carboxylic acids is 4. The van der Waals surface area contributed by atoms with E-state index in [2.05, 4.69) is 22.9 Å². The molecular formula is C21H26F2N4O4. The van der Waals surface area contributed by atoms with Gasteiger partial charge >= 0.3 is 6.03 Å². The molecule has 8 nitrogen and oxygen atoms in total. The summed E-state index contributed by atoms with van der Waals surface area (Å²) in [4.78, 5) is 51.0. The highest BCUT2D eigenvalue weighted by molar-refractivity contribution is 6.09. The Morgan fingerprint density at radius 1 is 1.23 bits per heavy atom. The van der Waals surface area contributed by atoms with Crippen LogP contribution < -0.4 is 16.0 Å². The van der Waals surface area contributed by atoms with Crippen LogP contribution in [0.5, 0.6) is 0 Å². The van der Waals surface area contributed by atoms with E-state index in [1.807, 2.05) is 0 Å². The molecular weight excluding hydrogens is 410 g/mol. The van der Waals surface area contributed by atoms with Crippen LogP contribution >= 0.6 is 0 Å². The van der Waals surface area contributed by atoms with Crippen LogP contribution in [0.2, 0.25) is 0 Å². The number of hydrogen-bond donors (Lipinski definition) is 3. The first-order valence-corrected chi connectivity index (χ1v) is 10.3. The highest BCUT2D eigenvalue weighted by Gasteiger charge is 2.52. The fourth-order valence-electron chi connectivity index (χ4n) is 4.22. The van der Waals surface area contributed by atoms with Crippen molar-refractivity contribution in [3.05, 3.63) is 35.4 Å². The lowest BCUT2D eigenvalue weighted by Crippen LogP contribution is -2.50. The Bertz CT molecular complexity index is 899. The second-order valence-electron chi connectivity index (χ2n) is 8.04. The van der Waals surface area contributed by atoms with E-state index in [0.717, 1.165) is 36.3 Å². The molecule has 31 heavy (non-hydrogen) atoms. The van der Waals surface area contributed by atoms with Crippen molar-refractivity contribution in [2.24, 2.45) is 5.92 Å². The molecule has 1 aromatic rings. The maximum absolute atomic E-state index is 13.6. The first kappa shape index (κ1) is 22.6. The van der Waals surface area contributed by atoms with Gasteiger partial charge in [-0.25, -0.2) is 13.6 Å². The number of nitrogens with zero attached hydrogens (tertiary/aromatic N) is 1. The number of imide groups is 1. The topological polar surface area (TPSA) is 108 Å². The predicted octanol–water partition coefficient (Wildman–Crippen LogP) is 1.76. The Morgan fingerprint density at radius 3 is 2.48 bits per heavy atom. The number of carbonyl (C=O) groups is 4. The third-order valence-corrected chi connectivity index (χ3v) is 6.17. The average molecular weight is 436 g/mol. The van der Waals surface area contributed by atoms with E-state index in [1.165, 1.54) is 13.1 Å². The maximum atomic E-state index is 13.6. The molecule has 5 amide bonds. The summed E-state index contributed by atoms with van der Waals surface area (Å²) in [5, 5.41) is 7.47. The summed E-state index contributed by atoms with van der Waals surface area (Å²) in [5.41, 5.74) is -0.957.